The maximum Gasteiger partial charge on any atom is 0.241 e. The Morgan fingerprint density at radius 1 is 1.47 bits per heavy atom. The molecule has 0 radical (unpaired) electrons. The van der Waals surface area contributed by atoms with Crippen molar-refractivity contribution in [3.05, 3.63) is 27.7 Å². The predicted molar refractivity (Wildman–Crippen MR) is 73.4 cm³/mol. The van der Waals surface area contributed by atoms with Crippen molar-refractivity contribution in [2.75, 3.05) is 11.9 Å². The molecule has 1 atom stereocenters. The van der Waals surface area contributed by atoms with Crippen LogP contribution in [0.4, 0.5) is 5.69 Å². The molecule has 1 aromatic carbocycles. The van der Waals surface area contributed by atoms with Crippen LogP contribution in [0.3, 0.4) is 0 Å². The van der Waals surface area contributed by atoms with Crippen molar-refractivity contribution in [2.45, 2.75) is 25.3 Å². The van der Waals surface area contributed by atoms with Gasteiger partial charge in [-0.05, 0) is 47.4 Å². The van der Waals surface area contributed by atoms with Gasteiger partial charge in [-0.25, -0.2) is 0 Å². The summed E-state index contributed by atoms with van der Waals surface area (Å²) in [5, 5.41) is 6.70. The van der Waals surface area contributed by atoms with Gasteiger partial charge in [0, 0.05) is 0 Å². The van der Waals surface area contributed by atoms with Crippen molar-refractivity contribution in [1.82, 2.24) is 5.32 Å². The number of benzene rings is 1. The fourth-order valence-corrected chi connectivity index (χ4v) is 2.43. The third-order valence-electron chi connectivity index (χ3n) is 2.84. The Bertz CT molecular complexity index is 419. The topological polar surface area (TPSA) is 41.1 Å². The van der Waals surface area contributed by atoms with Gasteiger partial charge in [-0.2, -0.15) is 0 Å². The average molecular weight is 318 g/mol. The molecule has 0 aliphatic carbocycles. The molecule has 92 valence electrons. The number of rotatable bonds is 2. The third-order valence-corrected chi connectivity index (χ3v) is 4.23. The highest BCUT2D eigenvalue weighted by atomic mass is 79.9. The molecular formula is C12H14BrClN2O. The zero-order valence-corrected chi connectivity index (χ0v) is 11.6. The molecule has 0 aromatic heterocycles. The van der Waals surface area contributed by atoms with Crippen LogP contribution in [-0.2, 0) is 4.79 Å². The van der Waals surface area contributed by atoms with E-state index in [0.29, 0.717) is 5.02 Å². The molecule has 1 saturated heterocycles. The largest absolute Gasteiger partial charge is 0.324 e. The molecular weight excluding hydrogens is 304 g/mol. The number of hydrogen-bond donors (Lipinski definition) is 2. The first-order valence-corrected chi connectivity index (χ1v) is 6.84. The van der Waals surface area contributed by atoms with Crippen molar-refractivity contribution in [3.8, 4) is 0 Å². The summed E-state index contributed by atoms with van der Waals surface area (Å²) in [6.07, 6.45) is 3.14. The van der Waals surface area contributed by atoms with Gasteiger partial charge in [0.1, 0.15) is 0 Å². The number of anilines is 1. The summed E-state index contributed by atoms with van der Waals surface area (Å²) in [4.78, 5) is 12.0. The molecule has 0 unspecified atom stereocenters. The highest BCUT2D eigenvalue weighted by Gasteiger charge is 2.21. The molecule has 0 spiro atoms. The standard InChI is InChI=1S/C12H14BrClN2O/c13-11-8(14)4-3-6-9(11)16-12(17)10-5-1-2-7-15-10/h3-4,6,10,15H,1-2,5,7H2,(H,16,17)/t10-/m1/s1. The molecule has 1 aromatic rings. The molecule has 2 N–H and O–H groups in total. The summed E-state index contributed by atoms with van der Waals surface area (Å²) in [7, 11) is 0. The van der Waals surface area contributed by atoms with Crippen LogP contribution in [0.25, 0.3) is 0 Å². The minimum atomic E-state index is -0.0883. The maximum atomic E-state index is 12.0. The second-order valence-corrected chi connectivity index (χ2v) is 5.29. The first-order valence-electron chi connectivity index (χ1n) is 5.67. The fraction of sp³-hybridized carbons (Fsp3) is 0.417. The van der Waals surface area contributed by atoms with E-state index in [1.807, 2.05) is 12.1 Å². The van der Waals surface area contributed by atoms with E-state index < -0.39 is 0 Å². The first-order chi connectivity index (χ1) is 8.18. The lowest BCUT2D eigenvalue weighted by Gasteiger charge is -2.22. The summed E-state index contributed by atoms with van der Waals surface area (Å²) in [6.45, 7) is 0.912. The van der Waals surface area contributed by atoms with E-state index >= 15 is 0 Å². The molecule has 5 heteroatoms. The van der Waals surface area contributed by atoms with E-state index in [1.165, 1.54) is 0 Å². The lowest BCUT2D eigenvalue weighted by molar-refractivity contribution is -0.118. The second-order valence-electron chi connectivity index (χ2n) is 4.09. The Balaban J connectivity index is 2.04. The number of halogens is 2. The van der Waals surface area contributed by atoms with E-state index in [0.717, 1.165) is 36.0 Å². The Morgan fingerprint density at radius 3 is 3.00 bits per heavy atom. The number of piperidine rings is 1. The van der Waals surface area contributed by atoms with Crippen molar-refractivity contribution in [3.63, 3.8) is 0 Å². The van der Waals surface area contributed by atoms with Gasteiger partial charge in [0.25, 0.3) is 0 Å². The molecule has 0 bridgehead atoms. The van der Waals surface area contributed by atoms with Crippen molar-refractivity contribution in [1.29, 1.82) is 0 Å². The normalized spacial score (nSPS) is 20.0. The van der Waals surface area contributed by atoms with E-state index in [1.54, 1.807) is 6.07 Å². The van der Waals surface area contributed by atoms with Crippen LogP contribution in [0.2, 0.25) is 5.02 Å². The van der Waals surface area contributed by atoms with Gasteiger partial charge in [-0.15, -0.1) is 0 Å². The Morgan fingerprint density at radius 2 is 2.29 bits per heavy atom. The van der Waals surface area contributed by atoms with Crippen LogP contribution in [0.5, 0.6) is 0 Å². The minimum Gasteiger partial charge on any atom is -0.324 e. The van der Waals surface area contributed by atoms with Gasteiger partial charge in [0.05, 0.1) is 21.2 Å². The number of amides is 1. The van der Waals surface area contributed by atoms with E-state index in [4.69, 9.17) is 11.6 Å². The van der Waals surface area contributed by atoms with Crippen LogP contribution in [0.15, 0.2) is 22.7 Å². The van der Waals surface area contributed by atoms with Crippen molar-refractivity contribution < 1.29 is 4.79 Å². The number of carbonyl (C=O) groups is 1. The van der Waals surface area contributed by atoms with Gasteiger partial charge in [-0.3, -0.25) is 4.79 Å². The minimum absolute atomic E-state index is 0.00710. The van der Waals surface area contributed by atoms with Gasteiger partial charge in [-0.1, -0.05) is 24.1 Å². The third kappa shape index (κ3) is 3.21. The fourth-order valence-electron chi connectivity index (χ4n) is 1.90. The predicted octanol–water partition coefficient (Wildman–Crippen LogP) is 3.18. The number of hydrogen-bond acceptors (Lipinski definition) is 2. The Hall–Kier alpha value is -0.580. The van der Waals surface area contributed by atoms with Crippen LogP contribution >= 0.6 is 27.5 Å². The van der Waals surface area contributed by atoms with Crippen molar-refractivity contribution >= 4 is 39.1 Å². The molecule has 3 nitrogen and oxygen atoms in total. The van der Waals surface area contributed by atoms with E-state index in [-0.39, 0.29) is 11.9 Å². The summed E-state index contributed by atoms with van der Waals surface area (Å²) in [5.74, 6) is 0.00710. The quantitative estimate of drug-likeness (QED) is 0.879. The van der Waals surface area contributed by atoms with Crippen LogP contribution in [-0.4, -0.2) is 18.5 Å². The van der Waals surface area contributed by atoms with Gasteiger partial charge >= 0.3 is 0 Å². The van der Waals surface area contributed by atoms with Crippen molar-refractivity contribution in [2.24, 2.45) is 0 Å². The summed E-state index contributed by atoms with van der Waals surface area (Å²) in [6, 6.07) is 5.34. The summed E-state index contributed by atoms with van der Waals surface area (Å²) >= 11 is 9.33. The first kappa shape index (κ1) is 12.9. The summed E-state index contributed by atoms with van der Waals surface area (Å²) in [5.41, 5.74) is 0.717. The lowest BCUT2D eigenvalue weighted by atomic mass is 10.0. The molecule has 1 fully saturated rings. The van der Waals surface area contributed by atoms with Gasteiger partial charge in [0.15, 0.2) is 0 Å². The lowest BCUT2D eigenvalue weighted by Crippen LogP contribution is -2.43. The average Bonchev–Trinajstić information content (AvgIpc) is 2.36. The van der Waals surface area contributed by atoms with Gasteiger partial charge in [0.2, 0.25) is 5.91 Å². The molecule has 2 rings (SSSR count). The van der Waals surface area contributed by atoms with Crippen LogP contribution in [0.1, 0.15) is 19.3 Å². The Labute approximate surface area is 114 Å². The number of carbonyl (C=O) groups excluding carboxylic acids is 1. The second kappa shape index (κ2) is 5.85. The highest BCUT2D eigenvalue weighted by molar-refractivity contribution is 9.10. The molecule has 1 amide bonds. The van der Waals surface area contributed by atoms with Crippen LogP contribution in [0, 0.1) is 0 Å². The smallest absolute Gasteiger partial charge is 0.241 e. The summed E-state index contributed by atoms with van der Waals surface area (Å²) < 4.78 is 0.728. The molecule has 1 heterocycles. The monoisotopic (exact) mass is 316 g/mol. The molecule has 1 aliphatic heterocycles. The maximum absolute atomic E-state index is 12.0. The number of nitrogens with one attached hydrogen (secondary N) is 2. The van der Waals surface area contributed by atoms with Gasteiger partial charge < -0.3 is 10.6 Å². The van der Waals surface area contributed by atoms with E-state index in [2.05, 4.69) is 26.6 Å². The Kier molecular flexibility index (Phi) is 4.42. The molecule has 17 heavy (non-hydrogen) atoms. The SMILES string of the molecule is O=C(Nc1cccc(Cl)c1Br)[C@H]1CCCCN1. The highest BCUT2D eigenvalue weighted by Crippen LogP contribution is 2.30. The van der Waals surface area contributed by atoms with Crippen LogP contribution < -0.4 is 10.6 Å². The molecule has 1 aliphatic rings. The van der Waals surface area contributed by atoms with E-state index in [9.17, 15) is 4.79 Å². The zero-order chi connectivity index (χ0) is 12.3. The molecule has 0 saturated carbocycles. The zero-order valence-electron chi connectivity index (χ0n) is 9.30.